The first-order valence-corrected chi connectivity index (χ1v) is 18.8. The van der Waals surface area contributed by atoms with Gasteiger partial charge in [-0.05, 0) is 121 Å². The number of aryl methyl sites for hydroxylation is 6. The van der Waals surface area contributed by atoms with Crippen molar-refractivity contribution in [1.82, 2.24) is 9.97 Å². The molecule has 0 atom stereocenters. The number of anilines is 3. The number of benzene rings is 7. The molecule has 0 unspecified atom stereocenters. The van der Waals surface area contributed by atoms with E-state index in [9.17, 15) is 0 Å². The van der Waals surface area contributed by atoms with Crippen LogP contribution in [0, 0.1) is 41.5 Å². The molecule has 54 heavy (non-hydrogen) atoms. The highest BCUT2D eigenvalue weighted by Crippen LogP contribution is 2.44. The largest absolute Gasteiger partial charge is 0.293 e. The van der Waals surface area contributed by atoms with Gasteiger partial charge in [-0.3, -0.25) is 9.88 Å². The predicted molar refractivity (Wildman–Crippen MR) is 227 cm³/mol. The zero-order valence-corrected chi connectivity index (χ0v) is 31.9. The normalized spacial score (nSPS) is 11.3. The summed E-state index contributed by atoms with van der Waals surface area (Å²) in [5.74, 6) is 0.834. The van der Waals surface area contributed by atoms with E-state index in [1.807, 2.05) is 30.6 Å². The Morgan fingerprint density at radius 1 is 0.463 bits per heavy atom. The van der Waals surface area contributed by atoms with Gasteiger partial charge in [-0.2, -0.15) is 0 Å². The highest BCUT2D eigenvalue weighted by Gasteiger charge is 2.26. The Hall–Kier alpha value is -6.32. The van der Waals surface area contributed by atoms with Gasteiger partial charge in [-0.1, -0.05) is 132 Å². The SMILES string of the molecule is Cc1cc(C)c(C(c2ccc(N(c3cnc(-c4ccccc4)cn3)c3cc4ccccc4cc3-c3ccccc3)cc2)c2c(C)cc(C)cc2C)c(C)c1. The first-order chi connectivity index (χ1) is 26.2. The summed E-state index contributed by atoms with van der Waals surface area (Å²) >= 11 is 0. The molecule has 0 amide bonds. The highest BCUT2D eigenvalue weighted by molar-refractivity contribution is 5.98. The summed E-state index contributed by atoms with van der Waals surface area (Å²) in [5, 5.41) is 2.36. The molecule has 1 aromatic heterocycles. The van der Waals surface area contributed by atoms with Crippen LogP contribution in [-0.2, 0) is 0 Å². The number of fused-ring (bicyclic) bond motifs is 1. The Kier molecular flexibility index (Phi) is 9.40. The molecule has 3 nitrogen and oxygen atoms in total. The van der Waals surface area contributed by atoms with Crippen molar-refractivity contribution in [3.63, 3.8) is 0 Å². The van der Waals surface area contributed by atoms with Crippen LogP contribution in [0.5, 0.6) is 0 Å². The molecule has 0 aliphatic heterocycles. The van der Waals surface area contributed by atoms with Crippen molar-refractivity contribution in [1.29, 1.82) is 0 Å². The molecule has 0 spiro atoms. The average Bonchev–Trinajstić information content (AvgIpc) is 3.18. The summed E-state index contributed by atoms with van der Waals surface area (Å²) in [5.41, 5.74) is 18.1. The van der Waals surface area contributed by atoms with Gasteiger partial charge in [0.2, 0.25) is 0 Å². The fourth-order valence-corrected chi connectivity index (χ4v) is 8.44. The third-order valence-corrected chi connectivity index (χ3v) is 10.7. The van der Waals surface area contributed by atoms with Crippen molar-refractivity contribution in [3.8, 4) is 22.4 Å². The molecule has 0 saturated heterocycles. The van der Waals surface area contributed by atoms with Crippen LogP contribution < -0.4 is 4.90 Å². The summed E-state index contributed by atoms with van der Waals surface area (Å²) in [6, 6.07) is 52.5. The van der Waals surface area contributed by atoms with E-state index < -0.39 is 0 Å². The molecule has 0 N–H and O–H groups in total. The molecule has 0 radical (unpaired) electrons. The van der Waals surface area contributed by atoms with Crippen molar-refractivity contribution in [2.75, 3.05) is 4.90 Å². The predicted octanol–water partition coefficient (Wildman–Crippen LogP) is 13.5. The molecular weight excluding hydrogens is 655 g/mol. The second-order valence-electron chi connectivity index (χ2n) is 14.7. The summed E-state index contributed by atoms with van der Waals surface area (Å²) < 4.78 is 0. The summed E-state index contributed by atoms with van der Waals surface area (Å²) in [6.07, 6.45) is 3.79. The van der Waals surface area contributed by atoms with Crippen molar-refractivity contribution < 1.29 is 0 Å². The Morgan fingerprint density at radius 2 is 0.963 bits per heavy atom. The van der Waals surface area contributed by atoms with Gasteiger partial charge in [0, 0.05) is 22.7 Å². The van der Waals surface area contributed by atoms with Crippen molar-refractivity contribution in [2.45, 2.75) is 47.5 Å². The average molecular weight is 700 g/mol. The van der Waals surface area contributed by atoms with E-state index in [1.165, 1.54) is 60.8 Å². The van der Waals surface area contributed by atoms with Crippen LogP contribution in [0.2, 0.25) is 0 Å². The number of aromatic nitrogens is 2. The number of rotatable bonds is 8. The lowest BCUT2D eigenvalue weighted by atomic mass is 9.77. The maximum absolute atomic E-state index is 5.10. The molecule has 0 bridgehead atoms. The van der Waals surface area contributed by atoms with Crippen LogP contribution >= 0.6 is 0 Å². The Morgan fingerprint density at radius 3 is 1.48 bits per heavy atom. The molecule has 8 aromatic rings. The lowest BCUT2D eigenvalue weighted by molar-refractivity contribution is 0.919. The van der Waals surface area contributed by atoms with E-state index >= 15 is 0 Å². The fraction of sp³-hybridized carbons (Fsp3) is 0.137. The van der Waals surface area contributed by atoms with Gasteiger partial charge in [0.1, 0.15) is 0 Å². The van der Waals surface area contributed by atoms with Gasteiger partial charge in [-0.25, -0.2) is 4.98 Å². The second-order valence-corrected chi connectivity index (χ2v) is 14.7. The topological polar surface area (TPSA) is 29.0 Å². The minimum Gasteiger partial charge on any atom is -0.293 e. The van der Waals surface area contributed by atoms with Gasteiger partial charge < -0.3 is 0 Å². The van der Waals surface area contributed by atoms with Crippen LogP contribution in [0.4, 0.5) is 17.2 Å². The fourth-order valence-electron chi connectivity index (χ4n) is 8.44. The smallest absolute Gasteiger partial charge is 0.156 e. The van der Waals surface area contributed by atoms with E-state index in [0.717, 1.165) is 39.6 Å². The minimum atomic E-state index is 0.0826. The van der Waals surface area contributed by atoms with E-state index in [2.05, 4.69) is 174 Å². The summed E-state index contributed by atoms with van der Waals surface area (Å²) in [7, 11) is 0. The maximum Gasteiger partial charge on any atom is 0.156 e. The van der Waals surface area contributed by atoms with Crippen molar-refractivity contribution in [3.05, 3.63) is 208 Å². The Labute approximate surface area is 319 Å². The summed E-state index contributed by atoms with van der Waals surface area (Å²) in [6.45, 7) is 13.4. The number of hydrogen-bond donors (Lipinski definition) is 0. The van der Waals surface area contributed by atoms with Crippen LogP contribution in [0.3, 0.4) is 0 Å². The number of nitrogens with zero attached hydrogens (tertiary/aromatic N) is 3. The highest BCUT2D eigenvalue weighted by atomic mass is 15.2. The van der Waals surface area contributed by atoms with Crippen LogP contribution in [-0.4, -0.2) is 9.97 Å². The zero-order valence-electron chi connectivity index (χ0n) is 31.9. The van der Waals surface area contributed by atoms with Crippen molar-refractivity contribution >= 4 is 28.0 Å². The van der Waals surface area contributed by atoms with Crippen molar-refractivity contribution in [2.24, 2.45) is 0 Å². The van der Waals surface area contributed by atoms with Crippen LogP contribution in [0.25, 0.3) is 33.2 Å². The third-order valence-electron chi connectivity index (χ3n) is 10.7. The third kappa shape index (κ3) is 6.70. The van der Waals surface area contributed by atoms with Gasteiger partial charge in [0.25, 0.3) is 0 Å². The molecule has 8 rings (SSSR count). The van der Waals surface area contributed by atoms with E-state index in [0.29, 0.717) is 0 Å². The molecule has 0 saturated carbocycles. The van der Waals surface area contributed by atoms with E-state index in [1.54, 1.807) is 0 Å². The lowest BCUT2D eigenvalue weighted by Gasteiger charge is -2.29. The van der Waals surface area contributed by atoms with E-state index in [-0.39, 0.29) is 5.92 Å². The van der Waals surface area contributed by atoms with Gasteiger partial charge in [0.15, 0.2) is 5.82 Å². The molecule has 3 heteroatoms. The van der Waals surface area contributed by atoms with E-state index in [4.69, 9.17) is 9.97 Å². The molecular formula is C51H45N3. The number of hydrogen-bond acceptors (Lipinski definition) is 3. The van der Waals surface area contributed by atoms with Gasteiger partial charge in [-0.15, -0.1) is 0 Å². The zero-order chi connectivity index (χ0) is 37.3. The van der Waals surface area contributed by atoms with Gasteiger partial charge >= 0.3 is 0 Å². The second kappa shape index (κ2) is 14.6. The van der Waals surface area contributed by atoms with Gasteiger partial charge in [0.05, 0.1) is 23.8 Å². The first-order valence-electron chi connectivity index (χ1n) is 18.8. The summed E-state index contributed by atoms with van der Waals surface area (Å²) in [4.78, 5) is 12.3. The monoisotopic (exact) mass is 699 g/mol. The first kappa shape index (κ1) is 34.7. The molecule has 7 aromatic carbocycles. The Balaban J connectivity index is 1.33. The molecule has 0 fully saturated rings. The molecule has 0 aliphatic rings. The molecule has 0 aliphatic carbocycles. The van der Waals surface area contributed by atoms with Crippen LogP contribution in [0.1, 0.15) is 56.0 Å². The quantitative estimate of drug-likeness (QED) is 0.148. The minimum absolute atomic E-state index is 0.0826. The van der Waals surface area contributed by atoms with Crippen LogP contribution in [0.15, 0.2) is 158 Å². The molecule has 264 valence electrons. The molecule has 1 heterocycles. The maximum atomic E-state index is 5.10. The standard InChI is InChI=1S/C51H45N3/c1-33-25-35(3)49(36(4)26-33)51(50-37(5)27-34(2)28-38(50)6)41-21-23-44(24-22-41)54(48-32-52-46(31-53-48)40-17-11-8-12-18-40)47-30-43-20-14-13-19-42(43)29-45(47)39-15-9-7-10-16-39/h7-32,51H,1-6H3. The Bertz CT molecular complexity index is 2490. The lowest BCUT2D eigenvalue weighted by Crippen LogP contribution is -2.14.